The Kier molecular flexibility index (Phi) is 4.88. The van der Waals surface area contributed by atoms with Crippen molar-refractivity contribution in [3.05, 3.63) is 58.1 Å². The summed E-state index contributed by atoms with van der Waals surface area (Å²) in [5.41, 5.74) is -2.30. The van der Waals surface area contributed by atoms with Crippen molar-refractivity contribution in [1.29, 1.82) is 0 Å². The summed E-state index contributed by atoms with van der Waals surface area (Å²) >= 11 is 0. The van der Waals surface area contributed by atoms with Crippen molar-refractivity contribution in [3.63, 3.8) is 0 Å². The number of nitrogens with zero attached hydrogens (tertiary/aromatic N) is 1. The highest BCUT2D eigenvalue weighted by atomic mass is 32.2. The number of nitrogens with one attached hydrogen (secondary N) is 1. The summed E-state index contributed by atoms with van der Waals surface area (Å²) in [6.45, 7) is 0. The predicted molar refractivity (Wildman–Crippen MR) is 81.9 cm³/mol. The van der Waals surface area contributed by atoms with Gasteiger partial charge in [-0.25, -0.2) is 8.42 Å². The van der Waals surface area contributed by atoms with E-state index in [9.17, 15) is 31.7 Å². The lowest BCUT2D eigenvalue weighted by molar-refractivity contribution is -0.387. The van der Waals surface area contributed by atoms with Gasteiger partial charge in [0.15, 0.2) is 4.90 Å². The van der Waals surface area contributed by atoms with Crippen molar-refractivity contribution in [2.45, 2.75) is 11.1 Å². The molecule has 0 saturated carbocycles. The maximum atomic E-state index is 12.8. The highest BCUT2D eigenvalue weighted by molar-refractivity contribution is 7.92. The van der Waals surface area contributed by atoms with Crippen LogP contribution < -0.4 is 9.46 Å². The molecule has 0 amide bonds. The Morgan fingerprint density at radius 1 is 1.16 bits per heavy atom. The molecule has 1 N–H and O–H groups in total. The van der Waals surface area contributed by atoms with Gasteiger partial charge < -0.3 is 4.74 Å². The normalized spacial score (nSPS) is 11.8. The molecule has 0 heterocycles. The van der Waals surface area contributed by atoms with Crippen LogP contribution in [0.3, 0.4) is 0 Å². The van der Waals surface area contributed by atoms with E-state index in [0.717, 1.165) is 31.4 Å². The second kappa shape index (κ2) is 6.59. The number of para-hydroxylation sites is 1. The quantitative estimate of drug-likeness (QED) is 0.637. The number of methoxy groups -OCH3 is 1. The van der Waals surface area contributed by atoms with Gasteiger partial charge in [0.25, 0.3) is 15.7 Å². The maximum absolute atomic E-state index is 12.8. The summed E-state index contributed by atoms with van der Waals surface area (Å²) < 4.78 is 70.0. The molecule has 0 aliphatic heterocycles. The zero-order valence-corrected chi connectivity index (χ0v) is 13.4. The summed E-state index contributed by atoms with van der Waals surface area (Å²) in [6.07, 6.45) is -4.70. The number of anilines is 1. The number of hydrogen-bond acceptors (Lipinski definition) is 5. The second-order valence-electron chi connectivity index (χ2n) is 4.74. The van der Waals surface area contributed by atoms with Crippen LogP contribution in [-0.4, -0.2) is 20.5 Å². The van der Waals surface area contributed by atoms with E-state index in [1.165, 1.54) is 12.1 Å². The van der Waals surface area contributed by atoms with Crippen LogP contribution in [0.5, 0.6) is 5.75 Å². The number of rotatable bonds is 5. The molecule has 0 radical (unpaired) electrons. The van der Waals surface area contributed by atoms with E-state index in [-0.39, 0.29) is 5.75 Å². The molecule has 7 nitrogen and oxygen atoms in total. The number of nitro benzene ring substituents is 1. The molecular weight excluding hydrogens is 365 g/mol. The van der Waals surface area contributed by atoms with Crippen LogP contribution >= 0.6 is 0 Å². The van der Waals surface area contributed by atoms with E-state index in [4.69, 9.17) is 4.74 Å². The molecule has 0 aromatic heterocycles. The summed E-state index contributed by atoms with van der Waals surface area (Å²) in [5, 5.41) is 11.0. The highest BCUT2D eigenvalue weighted by Gasteiger charge is 2.32. The molecule has 25 heavy (non-hydrogen) atoms. The van der Waals surface area contributed by atoms with Gasteiger partial charge in [-0.15, -0.1) is 0 Å². The molecule has 0 unspecified atom stereocenters. The van der Waals surface area contributed by atoms with Crippen LogP contribution in [0.1, 0.15) is 5.56 Å². The van der Waals surface area contributed by atoms with E-state index >= 15 is 0 Å². The number of sulfonamides is 1. The van der Waals surface area contributed by atoms with E-state index in [1.807, 2.05) is 4.72 Å². The zero-order chi connectivity index (χ0) is 18.8. The van der Waals surface area contributed by atoms with E-state index in [2.05, 4.69) is 0 Å². The number of benzene rings is 2. The van der Waals surface area contributed by atoms with Gasteiger partial charge in [0.1, 0.15) is 5.75 Å². The van der Waals surface area contributed by atoms with Crippen LogP contribution in [-0.2, 0) is 16.2 Å². The molecule has 0 fully saturated rings. The standard InChI is InChI=1S/C14H11F3N2O5S/c1-24-12-7-6-9(14(15,16)17)8-10(12)18-25(22,23)13-5-3-2-4-11(13)19(20)21/h2-8,18H,1H3. The number of nitro groups is 1. The Labute approximate surface area is 140 Å². The summed E-state index contributed by atoms with van der Waals surface area (Å²) in [6, 6.07) is 6.68. The van der Waals surface area contributed by atoms with Gasteiger partial charge in [-0.1, -0.05) is 12.1 Å². The lowest BCUT2D eigenvalue weighted by Crippen LogP contribution is -2.16. The van der Waals surface area contributed by atoms with Gasteiger partial charge in [-0.2, -0.15) is 13.2 Å². The molecule has 134 valence electrons. The first-order chi connectivity index (χ1) is 11.6. The summed E-state index contributed by atoms with van der Waals surface area (Å²) in [4.78, 5) is 9.38. The Bertz CT molecular complexity index is 913. The third-order valence-electron chi connectivity index (χ3n) is 3.12. The molecule has 2 rings (SSSR count). The third kappa shape index (κ3) is 3.99. The lowest BCUT2D eigenvalue weighted by Gasteiger charge is -2.14. The molecule has 0 spiro atoms. The summed E-state index contributed by atoms with van der Waals surface area (Å²) in [7, 11) is -3.38. The van der Waals surface area contributed by atoms with Crippen molar-refractivity contribution in [3.8, 4) is 5.75 Å². The number of ether oxygens (including phenoxy) is 1. The average molecular weight is 376 g/mol. The molecule has 0 aliphatic carbocycles. The van der Waals surface area contributed by atoms with E-state index < -0.39 is 43.0 Å². The fourth-order valence-electron chi connectivity index (χ4n) is 2.00. The minimum atomic E-state index is -4.70. The minimum Gasteiger partial charge on any atom is -0.495 e. The molecule has 0 bridgehead atoms. The minimum absolute atomic E-state index is 0.171. The molecule has 0 atom stereocenters. The van der Waals surface area contributed by atoms with Gasteiger partial charge >= 0.3 is 6.18 Å². The predicted octanol–water partition coefficient (Wildman–Crippen LogP) is 3.42. The smallest absolute Gasteiger partial charge is 0.416 e. The first kappa shape index (κ1) is 18.5. The first-order valence-corrected chi connectivity index (χ1v) is 8.06. The topological polar surface area (TPSA) is 98.5 Å². The van der Waals surface area contributed by atoms with Crippen LogP contribution in [0.4, 0.5) is 24.5 Å². The Hall–Kier alpha value is -2.82. The first-order valence-electron chi connectivity index (χ1n) is 6.58. The fourth-order valence-corrected chi connectivity index (χ4v) is 3.23. The highest BCUT2D eigenvalue weighted by Crippen LogP contribution is 2.36. The maximum Gasteiger partial charge on any atom is 0.416 e. The molecule has 0 aliphatic rings. The summed E-state index contributed by atoms with van der Waals surface area (Å²) in [5.74, 6) is -0.171. The molecular formula is C14H11F3N2O5S. The molecule has 2 aromatic rings. The zero-order valence-electron chi connectivity index (χ0n) is 12.6. The van der Waals surface area contributed by atoms with Crippen LogP contribution in [0.2, 0.25) is 0 Å². The number of halogens is 3. The second-order valence-corrected chi connectivity index (χ2v) is 6.39. The number of hydrogen-bond donors (Lipinski definition) is 1. The van der Waals surface area contributed by atoms with Crippen molar-refractivity contribution in [2.75, 3.05) is 11.8 Å². The van der Waals surface area contributed by atoms with Gasteiger partial charge in [0.2, 0.25) is 0 Å². The lowest BCUT2D eigenvalue weighted by atomic mass is 10.2. The SMILES string of the molecule is COc1ccc(C(F)(F)F)cc1NS(=O)(=O)c1ccccc1[N+](=O)[O-]. The molecule has 2 aromatic carbocycles. The van der Waals surface area contributed by atoms with E-state index in [0.29, 0.717) is 6.07 Å². The van der Waals surface area contributed by atoms with Gasteiger partial charge in [-0.05, 0) is 24.3 Å². The van der Waals surface area contributed by atoms with Crippen molar-refractivity contribution >= 4 is 21.4 Å². The van der Waals surface area contributed by atoms with Crippen LogP contribution in [0.25, 0.3) is 0 Å². The number of alkyl halides is 3. The Morgan fingerprint density at radius 3 is 2.36 bits per heavy atom. The molecule has 0 saturated heterocycles. The fraction of sp³-hybridized carbons (Fsp3) is 0.143. The average Bonchev–Trinajstić information content (AvgIpc) is 2.53. The third-order valence-corrected chi connectivity index (χ3v) is 4.54. The van der Waals surface area contributed by atoms with Crippen molar-refractivity contribution in [1.82, 2.24) is 0 Å². The van der Waals surface area contributed by atoms with Gasteiger partial charge in [0.05, 0.1) is 23.3 Å². The Balaban J connectivity index is 2.53. The van der Waals surface area contributed by atoms with Crippen LogP contribution in [0.15, 0.2) is 47.4 Å². The Morgan fingerprint density at radius 2 is 1.80 bits per heavy atom. The van der Waals surface area contributed by atoms with Gasteiger partial charge in [-0.3, -0.25) is 14.8 Å². The molecule has 11 heteroatoms. The van der Waals surface area contributed by atoms with E-state index in [1.54, 1.807) is 0 Å². The van der Waals surface area contributed by atoms with Crippen molar-refractivity contribution < 1.29 is 31.2 Å². The van der Waals surface area contributed by atoms with Gasteiger partial charge in [0, 0.05) is 6.07 Å². The largest absolute Gasteiger partial charge is 0.495 e. The van der Waals surface area contributed by atoms with Crippen LogP contribution in [0, 0.1) is 10.1 Å². The monoisotopic (exact) mass is 376 g/mol. The van der Waals surface area contributed by atoms with Crippen molar-refractivity contribution in [2.24, 2.45) is 0 Å².